The Morgan fingerprint density at radius 3 is 2.89 bits per heavy atom. The fourth-order valence-electron chi connectivity index (χ4n) is 2.20. The number of hydrogen-bond acceptors (Lipinski definition) is 3. The Morgan fingerprint density at radius 1 is 1.50 bits per heavy atom. The maximum Gasteiger partial charge on any atom is 0.233 e. The van der Waals surface area contributed by atoms with Crippen molar-refractivity contribution in [3.8, 4) is 0 Å². The van der Waals surface area contributed by atoms with Gasteiger partial charge in [0, 0.05) is 18.9 Å². The minimum Gasteiger partial charge on any atom is -0.329 e. The number of thioether (sulfide) groups is 1. The van der Waals surface area contributed by atoms with Gasteiger partial charge in [-0.05, 0) is 30.0 Å². The van der Waals surface area contributed by atoms with Gasteiger partial charge >= 0.3 is 0 Å². The lowest BCUT2D eigenvalue weighted by Gasteiger charge is -2.28. The SMILES string of the molecule is CCC(C)C1SCC(=O)N1CCc1ccncc1. The highest BCUT2D eigenvalue weighted by atomic mass is 32.2. The van der Waals surface area contributed by atoms with Gasteiger partial charge in [-0.1, -0.05) is 20.3 Å². The first-order valence-electron chi connectivity index (χ1n) is 6.52. The summed E-state index contributed by atoms with van der Waals surface area (Å²) in [6, 6.07) is 4.04. The quantitative estimate of drug-likeness (QED) is 0.819. The number of aromatic nitrogens is 1. The second kappa shape index (κ2) is 6.23. The maximum atomic E-state index is 11.9. The fraction of sp³-hybridized carbons (Fsp3) is 0.571. The van der Waals surface area contributed by atoms with Gasteiger partial charge in [0.1, 0.15) is 0 Å². The van der Waals surface area contributed by atoms with E-state index >= 15 is 0 Å². The topological polar surface area (TPSA) is 33.2 Å². The van der Waals surface area contributed by atoms with Gasteiger partial charge in [-0.25, -0.2) is 0 Å². The molecule has 18 heavy (non-hydrogen) atoms. The molecule has 2 heterocycles. The number of pyridine rings is 1. The standard InChI is InChI=1S/C14H20N2OS/c1-3-11(2)14-16(13(17)10-18-14)9-6-12-4-7-15-8-5-12/h4-5,7-8,11,14H,3,6,9-10H2,1-2H3. The second-order valence-electron chi connectivity index (χ2n) is 4.78. The van der Waals surface area contributed by atoms with Gasteiger partial charge in [0.15, 0.2) is 0 Å². The van der Waals surface area contributed by atoms with E-state index in [1.807, 2.05) is 24.5 Å². The Labute approximate surface area is 113 Å². The number of amides is 1. The summed E-state index contributed by atoms with van der Waals surface area (Å²) in [5, 5.41) is 0.365. The van der Waals surface area contributed by atoms with E-state index in [9.17, 15) is 4.79 Å². The molecular formula is C14H20N2OS. The zero-order valence-electron chi connectivity index (χ0n) is 11.0. The molecule has 2 unspecified atom stereocenters. The highest BCUT2D eigenvalue weighted by Crippen LogP contribution is 2.32. The number of hydrogen-bond donors (Lipinski definition) is 0. The molecule has 1 aliphatic rings. The molecule has 0 N–H and O–H groups in total. The summed E-state index contributed by atoms with van der Waals surface area (Å²) < 4.78 is 0. The number of nitrogens with zero attached hydrogens (tertiary/aromatic N) is 2. The Hall–Kier alpha value is -1.03. The fourth-order valence-corrected chi connectivity index (χ4v) is 3.60. The molecule has 1 saturated heterocycles. The van der Waals surface area contributed by atoms with Gasteiger partial charge in [-0.3, -0.25) is 9.78 Å². The lowest BCUT2D eigenvalue weighted by atomic mass is 10.1. The first-order valence-corrected chi connectivity index (χ1v) is 7.57. The summed E-state index contributed by atoms with van der Waals surface area (Å²) in [4.78, 5) is 18.0. The monoisotopic (exact) mass is 264 g/mol. The highest BCUT2D eigenvalue weighted by molar-refractivity contribution is 8.01. The first-order chi connectivity index (χ1) is 8.72. The number of carbonyl (C=O) groups is 1. The van der Waals surface area contributed by atoms with Crippen LogP contribution in [0.3, 0.4) is 0 Å². The van der Waals surface area contributed by atoms with Crippen molar-refractivity contribution in [2.75, 3.05) is 12.3 Å². The van der Waals surface area contributed by atoms with E-state index in [0.29, 0.717) is 23.0 Å². The van der Waals surface area contributed by atoms with Crippen molar-refractivity contribution >= 4 is 17.7 Å². The predicted octanol–water partition coefficient (Wildman–Crippen LogP) is 2.57. The molecule has 1 fully saturated rings. The minimum absolute atomic E-state index is 0.291. The molecule has 3 nitrogen and oxygen atoms in total. The van der Waals surface area contributed by atoms with Gasteiger partial charge in [-0.2, -0.15) is 0 Å². The molecule has 2 atom stereocenters. The van der Waals surface area contributed by atoms with Crippen LogP contribution in [0.4, 0.5) is 0 Å². The van der Waals surface area contributed by atoms with Crippen LogP contribution in [0, 0.1) is 5.92 Å². The van der Waals surface area contributed by atoms with Crippen molar-refractivity contribution in [1.29, 1.82) is 0 Å². The lowest BCUT2D eigenvalue weighted by molar-refractivity contribution is -0.128. The van der Waals surface area contributed by atoms with Crippen LogP contribution in [0.2, 0.25) is 0 Å². The van der Waals surface area contributed by atoms with Crippen molar-refractivity contribution in [3.63, 3.8) is 0 Å². The van der Waals surface area contributed by atoms with Crippen molar-refractivity contribution in [2.45, 2.75) is 32.1 Å². The third kappa shape index (κ3) is 3.05. The Kier molecular flexibility index (Phi) is 4.64. The van der Waals surface area contributed by atoms with Crippen molar-refractivity contribution in [3.05, 3.63) is 30.1 Å². The van der Waals surface area contributed by atoms with Gasteiger partial charge in [0.2, 0.25) is 5.91 Å². The first kappa shape index (κ1) is 13.4. The van der Waals surface area contributed by atoms with E-state index in [2.05, 4.69) is 23.7 Å². The molecule has 2 rings (SSSR count). The molecule has 0 spiro atoms. The third-order valence-electron chi connectivity index (χ3n) is 3.53. The van der Waals surface area contributed by atoms with Crippen LogP contribution in [0.5, 0.6) is 0 Å². The molecule has 0 saturated carbocycles. The molecule has 1 aromatic heterocycles. The summed E-state index contributed by atoms with van der Waals surface area (Å²) >= 11 is 1.79. The smallest absolute Gasteiger partial charge is 0.233 e. The molecule has 1 aromatic rings. The van der Waals surface area contributed by atoms with Crippen LogP contribution in [0.15, 0.2) is 24.5 Å². The highest BCUT2D eigenvalue weighted by Gasteiger charge is 2.33. The molecule has 4 heteroatoms. The molecule has 0 bridgehead atoms. The Balaban J connectivity index is 1.96. The van der Waals surface area contributed by atoms with E-state index in [1.54, 1.807) is 11.8 Å². The lowest BCUT2D eigenvalue weighted by Crippen LogP contribution is -2.37. The van der Waals surface area contributed by atoms with E-state index in [4.69, 9.17) is 0 Å². The van der Waals surface area contributed by atoms with Crippen LogP contribution >= 0.6 is 11.8 Å². The molecule has 98 valence electrons. The predicted molar refractivity (Wildman–Crippen MR) is 75.4 cm³/mol. The van der Waals surface area contributed by atoms with E-state index in [-0.39, 0.29) is 0 Å². The molecule has 0 aromatic carbocycles. The zero-order chi connectivity index (χ0) is 13.0. The van der Waals surface area contributed by atoms with Crippen LogP contribution in [-0.2, 0) is 11.2 Å². The van der Waals surface area contributed by atoms with Gasteiger partial charge in [-0.15, -0.1) is 11.8 Å². The minimum atomic E-state index is 0.291. The number of rotatable bonds is 5. The molecule has 0 radical (unpaired) electrons. The molecule has 1 aliphatic heterocycles. The normalized spacial score (nSPS) is 21.3. The summed E-state index contributed by atoms with van der Waals surface area (Å²) in [7, 11) is 0. The Morgan fingerprint density at radius 2 is 2.22 bits per heavy atom. The van der Waals surface area contributed by atoms with E-state index in [1.165, 1.54) is 5.56 Å². The summed E-state index contributed by atoms with van der Waals surface area (Å²) in [6.07, 6.45) is 5.66. The van der Waals surface area contributed by atoms with Crippen molar-refractivity contribution < 1.29 is 4.79 Å². The van der Waals surface area contributed by atoms with E-state index < -0.39 is 0 Å². The second-order valence-corrected chi connectivity index (χ2v) is 5.88. The third-order valence-corrected chi connectivity index (χ3v) is 5.00. The van der Waals surface area contributed by atoms with Crippen molar-refractivity contribution in [2.24, 2.45) is 5.92 Å². The number of carbonyl (C=O) groups excluding carboxylic acids is 1. The summed E-state index contributed by atoms with van der Waals surface area (Å²) in [5.74, 6) is 1.50. The summed E-state index contributed by atoms with van der Waals surface area (Å²) in [5.41, 5.74) is 1.25. The molecule has 1 amide bonds. The van der Waals surface area contributed by atoms with E-state index in [0.717, 1.165) is 19.4 Å². The Bertz CT molecular complexity index is 396. The molecular weight excluding hydrogens is 244 g/mol. The van der Waals surface area contributed by atoms with Gasteiger partial charge < -0.3 is 4.90 Å². The van der Waals surface area contributed by atoms with Crippen molar-refractivity contribution in [1.82, 2.24) is 9.88 Å². The maximum absolute atomic E-state index is 11.9. The average molecular weight is 264 g/mol. The van der Waals surface area contributed by atoms with Crippen LogP contribution in [0.25, 0.3) is 0 Å². The van der Waals surface area contributed by atoms with Crippen LogP contribution in [-0.4, -0.2) is 33.5 Å². The van der Waals surface area contributed by atoms with Gasteiger partial charge in [0.05, 0.1) is 11.1 Å². The van der Waals surface area contributed by atoms with Crippen LogP contribution < -0.4 is 0 Å². The summed E-state index contributed by atoms with van der Waals surface area (Å²) in [6.45, 7) is 5.25. The van der Waals surface area contributed by atoms with Gasteiger partial charge in [0.25, 0.3) is 0 Å². The average Bonchev–Trinajstić information content (AvgIpc) is 2.78. The molecule has 0 aliphatic carbocycles. The zero-order valence-corrected chi connectivity index (χ0v) is 11.8. The van der Waals surface area contributed by atoms with Crippen LogP contribution in [0.1, 0.15) is 25.8 Å². The largest absolute Gasteiger partial charge is 0.329 e.